The molecule has 0 spiro atoms. The number of anilines is 1. The standard InChI is InChI=1S/C11H14N2/c1-2-3-8-7-13-11-6-9(12)4-5-10(8)11/h4-7,13H,2-3,12H2,1H3. The number of nitrogens with one attached hydrogen (secondary N) is 1. The first kappa shape index (κ1) is 8.17. The molecule has 0 atom stereocenters. The Balaban J connectivity index is 2.55. The summed E-state index contributed by atoms with van der Waals surface area (Å²) in [5.41, 5.74) is 9.03. The molecule has 2 aromatic rings. The molecular weight excluding hydrogens is 160 g/mol. The fourth-order valence-corrected chi connectivity index (χ4v) is 1.68. The van der Waals surface area contributed by atoms with Crippen molar-refractivity contribution in [2.75, 3.05) is 5.73 Å². The van der Waals surface area contributed by atoms with Gasteiger partial charge in [-0.25, -0.2) is 0 Å². The fourth-order valence-electron chi connectivity index (χ4n) is 1.68. The molecule has 1 heterocycles. The second-order valence-electron chi connectivity index (χ2n) is 3.37. The second-order valence-corrected chi connectivity index (χ2v) is 3.37. The lowest BCUT2D eigenvalue weighted by molar-refractivity contribution is 0.929. The van der Waals surface area contributed by atoms with Gasteiger partial charge in [0.05, 0.1) is 0 Å². The SMILES string of the molecule is CCCc1c[nH]c2cc(N)ccc12. The van der Waals surface area contributed by atoms with Crippen molar-refractivity contribution in [3.63, 3.8) is 0 Å². The van der Waals surface area contributed by atoms with E-state index >= 15 is 0 Å². The maximum Gasteiger partial charge on any atom is 0.0477 e. The number of hydrogen-bond donors (Lipinski definition) is 2. The quantitative estimate of drug-likeness (QED) is 0.675. The largest absolute Gasteiger partial charge is 0.399 e. The number of H-pyrrole nitrogens is 1. The molecule has 0 bridgehead atoms. The van der Waals surface area contributed by atoms with Gasteiger partial charge in [-0.15, -0.1) is 0 Å². The first-order valence-corrected chi connectivity index (χ1v) is 4.66. The van der Waals surface area contributed by atoms with E-state index in [9.17, 15) is 0 Å². The van der Waals surface area contributed by atoms with E-state index in [0.717, 1.165) is 17.6 Å². The van der Waals surface area contributed by atoms with Gasteiger partial charge in [0.15, 0.2) is 0 Å². The molecule has 13 heavy (non-hydrogen) atoms. The monoisotopic (exact) mass is 174 g/mol. The van der Waals surface area contributed by atoms with Crippen LogP contribution < -0.4 is 5.73 Å². The van der Waals surface area contributed by atoms with E-state index in [2.05, 4.69) is 24.2 Å². The molecule has 2 rings (SSSR count). The zero-order chi connectivity index (χ0) is 9.26. The summed E-state index contributed by atoms with van der Waals surface area (Å²) >= 11 is 0. The number of nitrogen functional groups attached to an aromatic ring is 1. The van der Waals surface area contributed by atoms with Gasteiger partial charge >= 0.3 is 0 Å². The maximum absolute atomic E-state index is 5.69. The Morgan fingerprint density at radius 3 is 3.00 bits per heavy atom. The molecule has 0 aliphatic rings. The summed E-state index contributed by atoms with van der Waals surface area (Å²) < 4.78 is 0. The lowest BCUT2D eigenvalue weighted by atomic mass is 10.1. The van der Waals surface area contributed by atoms with Crippen LogP contribution in [0, 0.1) is 0 Å². The average molecular weight is 174 g/mol. The Morgan fingerprint density at radius 2 is 2.23 bits per heavy atom. The van der Waals surface area contributed by atoms with Crippen LogP contribution in [-0.4, -0.2) is 4.98 Å². The lowest BCUT2D eigenvalue weighted by Crippen LogP contribution is -1.83. The molecule has 1 aromatic carbocycles. The van der Waals surface area contributed by atoms with Gasteiger partial charge in [-0.2, -0.15) is 0 Å². The summed E-state index contributed by atoms with van der Waals surface area (Å²) in [5.74, 6) is 0. The predicted octanol–water partition coefficient (Wildman–Crippen LogP) is 2.70. The molecule has 2 nitrogen and oxygen atoms in total. The van der Waals surface area contributed by atoms with Crippen molar-refractivity contribution in [3.05, 3.63) is 30.0 Å². The average Bonchev–Trinajstić information content (AvgIpc) is 2.49. The van der Waals surface area contributed by atoms with Crippen LogP contribution in [0.5, 0.6) is 0 Å². The Hall–Kier alpha value is -1.44. The molecule has 68 valence electrons. The molecule has 2 heteroatoms. The smallest absolute Gasteiger partial charge is 0.0477 e. The van der Waals surface area contributed by atoms with Crippen molar-refractivity contribution in [1.82, 2.24) is 4.98 Å². The molecule has 0 aliphatic carbocycles. The van der Waals surface area contributed by atoms with Crippen molar-refractivity contribution in [2.45, 2.75) is 19.8 Å². The number of benzene rings is 1. The molecule has 0 saturated carbocycles. The van der Waals surface area contributed by atoms with Crippen molar-refractivity contribution in [1.29, 1.82) is 0 Å². The summed E-state index contributed by atoms with van der Waals surface area (Å²) in [7, 11) is 0. The minimum Gasteiger partial charge on any atom is -0.399 e. The molecule has 0 fully saturated rings. The molecule has 1 aromatic heterocycles. The summed E-state index contributed by atoms with van der Waals surface area (Å²) in [6.07, 6.45) is 4.38. The van der Waals surface area contributed by atoms with Gasteiger partial charge in [0.25, 0.3) is 0 Å². The number of hydrogen-bond acceptors (Lipinski definition) is 1. The third-order valence-electron chi connectivity index (χ3n) is 2.31. The van der Waals surface area contributed by atoms with Gasteiger partial charge in [0, 0.05) is 22.8 Å². The molecule has 0 radical (unpaired) electrons. The van der Waals surface area contributed by atoms with Crippen molar-refractivity contribution in [3.8, 4) is 0 Å². The molecular formula is C11H14N2. The molecule has 0 saturated heterocycles. The van der Waals surface area contributed by atoms with Gasteiger partial charge in [-0.05, 0) is 24.1 Å². The maximum atomic E-state index is 5.69. The van der Waals surface area contributed by atoms with E-state index in [-0.39, 0.29) is 0 Å². The van der Waals surface area contributed by atoms with Crippen LogP contribution in [0.3, 0.4) is 0 Å². The van der Waals surface area contributed by atoms with E-state index in [4.69, 9.17) is 5.73 Å². The van der Waals surface area contributed by atoms with Crippen LogP contribution in [-0.2, 0) is 6.42 Å². The Morgan fingerprint density at radius 1 is 1.38 bits per heavy atom. The number of aryl methyl sites for hydroxylation is 1. The van der Waals surface area contributed by atoms with E-state index in [1.165, 1.54) is 17.4 Å². The van der Waals surface area contributed by atoms with Gasteiger partial charge in [-0.3, -0.25) is 0 Å². The van der Waals surface area contributed by atoms with Crippen LogP contribution in [0.2, 0.25) is 0 Å². The first-order valence-electron chi connectivity index (χ1n) is 4.66. The van der Waals surface area contributed by atoms with Crippen molar-refractivity contribution < 1.29 is 0 Å². The van der Waals surface area contributed by atoms with Crippen LogP contribution in [0.1, 0.15) is 18.9 Å². The highest BCUT2D eigenvalue weighted by molar-refractivity contribution is 5.85. The van der Waals surface area contributed by atoms with Crippen molar-refractivity contribution in [2.24, 2.45) is 0 Å². The van der Waals surface area contributed by atoms with Gasteiger partial charge < -0.3 is 10.7 Å². The molecule has 0 aliphatic heterocycles. The summed E-state index contributed by atoms with van der Waals surface area (Å²) in [5, 5.41) is 1.30. The van der Waals surface area contributed by atoms with E-state index in [1.54, 1.807) is 0 Å². The number of aromatic nitrogens is 1. The van der Waals surface area contributed by atoms with Gasteiger partial charge in [0.1, 0.15) is 0 Å². The normalized spacial score (nSPS) is 10.8. The number of aromatic amines is 1. The highest BCUT2D eigenvalue weighted by Crippen LogP contribution is 2.21. The number of rotatable bonds is 2. The Bertz CT molecular complexity index is 415. The molecule has 3 N–H and O–H groups in total. The topological polar surface area (TPSA) is 41.8 Å². The Kier molecular flexibility index (Phi) is 1.97. The van der Waals surface area contributed by atoms with Gasteiger partial charge in [-0.1, -0.05) is 19.4 Å². The third kappa shape index (κ3) is 1.39. The summed E-state index contributed by atoms with van der Waals surface area (Å²) in [6.45, 7) is 2.19. The first-order chi connectivity index (χ1) is 6.31. The lowest BCUT2D eigenvalue weighted by Gasteiger charge is -1.96. The Labute approximate surface area is 77.8 Å². The summed E-state index contributed by atoms with van der Waals surface area (Å²) in [4.78, 5) is 3.23. The van der Waals surface area contributed by atoms with Crippen molar-refractivity contribution >= 4 is 16.6 Å². The number of nitrogens with two attached hydrogens (primary N) is 1. The molecule has 0 amide bonds. The van der Waals surface area contributed by atoms with Crippen LogP contribution in [0.25, 0.3) is 10.9 Å². The highest BCUT2D eigenvalue weighted by atomic mass is 14.7. The second kappa shape index (κ2) is 3.13. The van der Waals surface area contributed by atoms with E-state index in [1.807, 2.05) is 12.1 Å². The van der Waals surface area contributed by atoms with E-state index in [0.29, 0.717) is 0 Å². The number of fused-ring (bicyclic) bond motifs is 1. The fraction of sp³-hybridized carbons (Fsp3) is 0.273. The molecule has 0 unspecified atom stereocenters. The van der Waals surface area contributed by atoms with E-state index < -0.39 is 0 Å². The third-order valence-corrected chi connectivity index (χ3v) is 2.31. The van der Waals surface area contributed by atoms with Crippen LogP contribution in [0.15, 0.2) is 24.4 Å². The van der Waals surface area contributed by atoms with Gasteiger partial charge in [0.2, 0.25) is 0 Å². The minimum atomic E-state index is 0.817. The van der Waals surface area contributed by atoms with Crippen LogP contribution >= 0.6 is 0 Å². The zero-order valence-corrected chi connectivity index (χ0v) is 7.80. The zero-order valence-electron chi connectivity index (χ0n) is 7.80. The highest BCUT2D eigenvalue weighted by Gasteiger charge is 2.01. The van der Waals surface area contributed by atoms with Crippen LogP contribution in [0.4, 0.5) is 5.69 Å². The predicted molar refractivity (Wildman–Crippen MR) is 56.7 cm³/mol. The summed E-state index contributed by atoms with van der Waals surface area (Å²) in [6, 6.07) is 6.02. The minimum absolute atomic E-state index is 0.817.